The van der Waals surface area contributed by atoms with Gasteiger partial charge in [0.15, 0.2) is 5.78 Å². The molecule has 2 bridgehead atoms. The molecule has 3 aliphatic heterocycles. The Labute approximate surface area is 339 Å². The number of carbonyl (C=O) groups excluding carboxylic acids is 4. The van der Waals surface area contributed by atoms with Gasteiger partial charge in [-0.25, -0.2) is 4.79 Å². The molecule has 0 aromatic rings. The number of fused-ring (bicyclic) bond motifs is 3. The van der Waals surface area contributed by atoms with Crippen LogP contribution in [0.15, 0.2) is 36.0 Å². The molecule has 0 radical (unpaired) electrons. The Balaban J connectivity index is 1.78. The van der Waals surface area contributed by atoms with Crippen LogP contribution < -0.4 is 0 Å². The molecule has 1 saturated carbocycles. The number of Topliss-reactive ketones (excluding diaryl/α,β-unsaturated/α-hetero) is 2. The minimum absolute atomic E-state index is 0.0120. The molecule has 4 aliphatic rings. The van der Waals surface area contributed by atoms with Crippen LogP contribution in [0.2, 0.25) is 0 Å². The number of carbonyl (C=O) groups is 4. The van der Waals surface area contributed by atoms with Crippen LogP contribution in [0.3, 0.4) is 0 Å². The molecule has 1 aliphatic carbocycles. The van der Waals surface area contributed by atoms with E-state index in [4.69, 9.17) is 23.7 Å². The van der Waals surface area contributed by atoms with E-state index >= 15 is 0 Å². The number of aliphatic hydroxyl groups excluding tert-OH is 2. The van der Waals surface area contributed by atoms with E-state index in [1.54, 1.807) is 27.0 Å². The van der Waals surface area contributed by atoms with Gasteiger partial charge < -0.3 is 43.9 Å². The maximum Gasteiger partial charge on any atom is 0.329 e. The zero-order chi connectivity index (χ0) is 42.2. The van der Waals surface area contributed by atoms with Crippen LogP contribution in [0, 0.1) is 29.6 Å². The van der Waals surface area contributed by atoms with E-state index in [-0.39, 0.29) is 55.4 Å². The summed E-state index contributed by atoms with van der Waals surface area (Å²) >= 11 is 0. The number of ether oxygens (including phenoxy) is 5. The fraction of sp³-hybridized carbons (Fsp3) is 0.773. The molecule has 322 valence electrons. The SMILES string of the molecule is C=CCC1=CC(C)C[C@@H](C)C[C@@H](OC)[C@@H]2O[C@@](O)(C(=O)C(=O)N3CCCCC3C(=O)O[C@H](C(C)=C[C@@H]3CC[C@@H](O)[C@H](OC)C3)[C@H](C)[C@@H](O)CC1=O)[C@H](C)C[C@@H]2OC. The van der Waals surface area contributed by atoms with Crippen molar-refractivity contribution in [2.24, 2.45) is 29.6 Å². The van der Waals surface area contributed by atoms with E-state index in [1.165, 1.54) is 19.1 Å². The van der Waals surface area contributed by atoms with Crippen LogP contribution in [0.25, 0.3) is 0 Å². The first-order chi connectivity index (χ1) is 27.0. The van der Waals surface area contributed by atoms with Crippen LogP contribution in [-0.2, 0) is 42.9 Å². The van der Waals surface area contributed by atoms with Crippen molar-refractivity contribution >= 4 is 23.4 Å². The quantitative estimate of drug-likeness (QED) is 0.185. The summed E-state index contributed by atoms with van der Waals surface area (Å²) in [5, 5.41) is 34.1. The first kappa shape index (κ1) is 46.9. The van der Waals surface area contributed by atoms with Crippen molar-refractivity contribution in [3.8, 4) is 0 Å². The zero-order valence-electron chi connectivity index (χ0n) is 35.4. The summed E-state index contributed by atoms with van der Waals surface area (Å²) in [6, 6.07) is -1.14. The van der Waals surface area contributed by atoms with E-state index in [2.05, 4.69) is 13.5 Å². The number of piperidine rings is 1. The predicted molar refractivity (Wildman–Crippen MR) is 213 cm³/mol. The average Bonchev–Trinajstić information content (AvgIpc) is 3.18. The Bertz CT molecular complexity index is 1480. The van der Waals surface area contributed by atoms with Crippen LogP contribution in [-0.4, -0.2) is 126 Å². The summed E-state index contributed by atoms with van der Waals surface area (Å²) < 4.78 is 29.8. The van der Waals surface area contributed by atoms with Crippen molar-refractivity contribution in [2.45, 2.75) is 160 Å². The van der Waals surface area contributed by atoms with Gasteiger partial charge in [-0.05, 0) is 100 Å². The summed E-state index contributed by atoms with van der Waals surface area (Å²) in [6.45, 7) is 13.2. The monoisotopic (exact) mass is 803 g/mol. The van der Waals surface area contributed by atoms with Crippen molar-refractivity contribution in [1.82, 2.24) is 4.90 Å². The van der Waals surface area contributed by atoms with Crippen LogP contribution in [0.4, 0.5) is 0 Å². The maximum absolute atomic E-state index is 14.3. The largest absolute Gasteiger partial charge is 0.456 e. The number of hydrogen-bond acceptors (Lipinski definition) is 12. The number of allylic oxidation sites excluding steroid dienone is 4. The number of nitrogens with zero attached hydrogens (tertiary/aromatic N) is 1. The molecular weight excluding hydrogens is 734 g/mol. The Morgan fingerprint density at radius 3 is 2.23 bits per heavy atom. The minimum atomic E-state index is -2.51. The van der Waals surface area contributed by atoms with Gasteiger partial charge in [0.25, 0.3) is 11.7 Å². The first-order valence-corrected chi connectivity index (χ1v) is 20.9. The number of hydrogen-bond donors (Lipinski definition) is 3. The molecule has 4 rings (SSSR count). The third-order valence-electron chi connectivity index (χ3n) is 12.8. The number of esters is 1. The van der Waals surface area contributed by atoms with Gasteiger partial charge in [-0.15, -0.1) is 6.58 Å². The molecule has 14 atom stereocenters. The van der Waals surface area contributed by atoms with E-state index in [0.717, 1.165) is 0 Å². The molecule has 2 saturated heterocycles. The highest BCUT2D eigenvalue weighted by Crippen LogP contribution is 2.39. The summed E-state index contributed by atoms with van der Waals surface area (Å²) in [5.41, 5.74) is 1.18. The van der Waals surface area contributed by atoms with Gasteiger partial charge in [0.2, 0.25) is 5.79 Å². The molecule has 2 unspecified atom stereocenters. The van der Waals surface area contributed by atoms with Gasteiger partial charge in [0.1, 0.15) is 18.2 Å². The maximum atomic E-state index is 14.3. The second-order valence-corrected chi connectivity index (χ2v) is 17.3. The molecule has 57 heavy (non-hydrogen) atoms. The summed E-state index contributed by atoms with van der Waals surface area (Å²) in [4.78, 5) is 57.8. The van der Waals surface area contributed by atoms with Gasteiger partial charge in [-0.1, -0.05) is 45.9 Å². The molecule has 3 fully saturated rings. The third kappa shape index (κ3) is 11.3. The van der Waals surface area contributed by atoms with Crippen molar-refractivity contribution < 1.29 is 58.2 Å². The summed E-state index contributed by atoms with van der Waals surface area (Å²) in [5.74, 6) is -7.32. The van der Waals surface area contributed by atoms with Crippen LogP contribution in [0.5, 0.6) is 0 Å². The fourth-order valence-electron chi connectivity index (χ4n) is 9.44. The van der Waals surface area contributed by atoms with Gasteiger partial charge >= 0.3 is 5.97 Å². The van der Waals surface area contributed by atoms with E-state index in [1.807, 2.05) is 26.0 Å². The number of aliphatic hydroxyl groups is 3. The Morgan fingerprint density at radius 1 is 0.912 bits per heavy atom. The highest BCUT2D eigenvalue weighted by molar-refractivity contribution is 6.39. The third-order valence-corrected chi connectivity index (χ3v) is 12.8. The summed E-state index contributed by atoms with van der Waals surface area (Å²) in [6.07, 6.45) is 4.89. The number of methoxy groups -OCH3 is 3. The molecule has 0 aromatic heterocycles. The fourth-order valence-corrected chi connectivity index (χ4v) is 9.44. The minimum Gasteiger partial charge on any atom is -0.456 e. The topological polar surface area (TPSA) is 178 Å². The lowest BCUT2D eigenvalue weighted by Gasteiger charge is -2.47. The molecular formula is C44H69NO12. The Morgan fingerprint density at radius 2 is 1.58 bits per heavy atom. The highest BCUT2D eigenvalue weighted by atomic mass is 16.7. The molecule has 1 amide bonds. The second-order valence-electron chi connectivity index (χ2n) is 17.3. The molecule has 3 N–H and O–H groups in total. The Kier molecular flexibility index (Phi) is 17.2. The van der Waals surface area contributed by atoms with Crippen molar-refractivity contribution in [1.29, 1.82) is 0 Å². The molecule has 13 nitrogen and oxygen atoms in total. The molecule has 3 heterocycles. The molecule has 0 spiro atoms. The second kappa shape index (κ2) is 21.0. The number of rotatable bonds is 7. The van der Waals surface area contributed by atoms with Crippen LogP contribution in [0.1, 0.15) is 105 Å². The standard InChI is InChI=1S/C44H69NO12/c1-10-13-31-19-25(2)18-26(3)20-37(54-8)40-38(55-9)22-28(5)44(52,57-40)41(49)42(50)45-17-12-11-14-32(45)43(51)56-39(29(6)34(47)24-35(31)48)27(4)21-30-15-16-33(46)36(23-30)53-7/h10,19,21,25-26,28-30,32-34,36-40,46-47,52H,1,11-18,20,22-24H2,2-9H3/t25?,26-,28-,29-,30+,32?,33-,34+,36-,37-,38+,39-,40+,44-/m1/s1. The van der Waals surface area contributed by atoms with E-state index in [0.29, 0.717) is 62.5 Å². The smallest absolute Gasteiger partial charge is 0.329 e. The highest BCUT2D eigenvalue weighted by Gasteiger charge is 2.56. The van der Waals surface area contributed by atoms with Crippen molar-refractivity contribution in [3.63, 3.8) is 0 Å². The lowest BCUT2D eigenvalue weighted by molar-refractivity contribution is -0.302. The van der Waals surface area contributed by atoms with Crippen LogP contribution >= 0.6 is 0 Å². The normalized spacial score (nSPS) is 40.1. The van der Waals surface area contributed by atoms with Gasteiger partial charge in [-0.3, -0.25) is 14.4 Å². The lowest BCUT2D eigenvalue weighted by atomic mass is 9.81. The van der Waals surface area contributed by atoms with Crippen molar-refractivity contribution in [2.75, 3.05) is 27.9 Å². The van der Waals surface area contributed by atoms with Gasteiger partial charge in [0.05, 0.1) is 30.5 Å². The van der Waals surface area contributed by atoms with Gasteiger partial charge in [-0.2, -0.15) is 0 Å². The Hall–Kier alpha value is -2.78. The lowest BCUT2D eigenvalue weighted by Crippen LogP contribution is -2.64. The number of cyclic esters (lactones) is 1. The average molecular weight is 804 g/mol. The predicted octanol–water partition coefficient (Wildman–Crippen LogP) is 4.64. The molecule has 0 aromatic carbocycles. The van der Waals surface area contributed by atoms with E-state index in [9.17, 15) is 34.5 Å². The van der Waals surface area contributed by atoms with E-state index < -0.39 is 77.9 Å². The zero-order valence-corrected chi connectivity index (χ0v) is 35.4. The number of ketones is 2. The first-order valence-electron chi connectivity index (χ1n) is 20.9. The van der Waals surface area contributed by atoms with Gasteiger partial charge in [0, 0.05) is 46.1 Å². The molecule has 13 heteroatoms. The van der Waals surface area contributed by atoms with Crippen molar-refractivity contribution in [3.05, 3.63) is 36.0 Å². The number of amides is 1. The summed E-state index contributed by atoms with van der Waals surface area (Å²) in [7, 11) is 4.61.